The van der Waals surface area contributed by atoms with Gasteiger partial charge < -0.3 is 10.1 Å². The summed E-state index contributed by atoms with van der Waals surface area (Å²) >= 11 is 0. The molecular weight excluding hydrogens is 328 g/mol. The lowest BCUT2D eigenvalue weighted by Gasteiger charge is -2.23. The Hall–Kier alpha value is -1.69. The van der Waals surface area contributed by atoms with Crippen LogP contribution >= 0.6 is 0 Å². The monoisotopic (exact) mass is 348 g/mol. The Labute approximate surface area is 141 Å². The maximum absolute atomic E-state index is 12.4. The van der Waals surface area contributed by atoms with Crippen LogP contribution < -0.4 is 5.32 Å². The van der Waals surface area contributed by atoms with Crippen molar-refractivity contribution in [3.8, 4) is 6.07 Å². The predicted octanol–water partition coefficient (Wildman–Crippen LogP) is 1.09. The van der Waals surface area contributed by atoms with Crippen LogP contribution in [0.2, 0.25) is 0 Å². The van der Waals surface area contributed by atoms with Gasteiger partial charge in [0, 0.05) is 19.5 Å². The molecule has 1 saturated carbocycles. The molecule has 24 heavy (non-hydrogen) atoms. The van der Waals surface area contributed by atoms with E-state index in [-0.39, 0.29) is 16.9 Å². The molecule has 3 heterocycles. The van der Waals surface area contributed by atoms with Crippen molar-refractivity contribution in [3.05, 3.63) is 23.9 Å². The normalized spacial score (nSPS) is 30.5. The number of anilines is 1. The number of nitrogens with one attached hydrogen (secondary N) is 1. The summed E-state index contributed by atoms with van der Waals surface area (Å²) < 4.78 is 32.4. The van der Waals surface area contributed by atoms with E-state index in [1.807, 2.05) is 12.1 Å². The highest BCUT2D eigenvalue weighted by Crippen LogP contribution is 2.40. The van der Waals surface area contributed by atoms with E-state index in [9.17, 15) is 8.42 Å². The van der Waals surface area contributed by atoms with Gasteiger partial charge in [0.05, 0.1) is 23.5 Å². The number of hydrogen-bond donors (Lipinski definition) is 1. The first-order chi connectivity index (χ1) is 11.5. The van der Waals surface area contributed by atoms with Gasteiger partial charge in [0.2, 0.25) is 10.0 Å². The molecule has 0 radical (unpaired) electrons. The fourth-order valence-corrected chi connectivity index (χ4v) is 5.52. The Morgan fingerprint density at radius 1 is 1.42 bits per heavy atom. The van der Waals surface area contributed by atoms with Crippen molar-refractivity contribution in [2.75, 3.05) is 25.0 Å². The minimum Gasteiger partial charge on any atom is -0.371 e. The predicted molar refractivity (Wildman–Crippen MR) is 87.8 cm³/mol. The molecule has 7 nitrogen and oxygen atoms in total. The molecule has 0 aromatic carbocycles. The lowest BCUT2D eigenvalue weighted by molar-refractivity contribution is 0.0173. The Kier molecular flexibility index (Phi) is 3.75. The second kappa shape index (κ2) is 5.69. The molecule has 0 unspecified atom stereocenters. The van der Waals surface area contributed by atoms with Crippen LogP contribution in [0.3, 0.4) is 0 Å². The van der Waals surface area contributed by atoms with E-state index in [4.69, 9.17) is 10.00 Å². The van der Waals surface area contributed by atoms with Crippen molar-refractivity contribution in [1.82, 2.24) is 9.29 Å². The van der Waals surface area contributed by atoms with E-state index >= 15 is 0 Å². The van der Waals surface area contributed by atoms with Gasteiger partial charge in [0.15, 0.2) is 0 Å². The molecular formula is C16H20N4O3S. The minimum atomic E-state index is -3.13. The van der Waals surface area contributed by atoms with Crippen LogP contribution in [0, 0.1) is 11.3 Å². The molecule has 0 amide bonds. The molecule has 2 atom stereocenters. The maximum Gasteiger partial charge on any atom is 0.217 e. The van der Waals surface area contributed by atoms with Gasteiger partial charge in [0.25, 0.3) is 0 Å². The van der Waals surface area contributed by atoms with Gasteiger partial charge in [0.1, 0.15) is 17.6 Å². The third-order valence-electron chi connectivity index (χ3n) is 5.01. The minimum absolute atomic E-state index is 0.0787. The Bertz CT molecular complexity index is 787. The van der Waals surface area contributed by atoms with Crippen LogP contribution in [0.15, 0.2) is 18.2 Å². The Morgan fingerprint density at radius 3 is 3.00 bits per heavy atom. The molecule has 2 aliphatic heterocycles. The van der Waals surface area contributed by atoms with E-state index in [0.29, 0.717) is 31.2 Å². The lowest BCUT2D eigenvalue weighted by atomic mass is 9.97. The second-order valence-electron chi connectivity index (χ2n) is 6.89. The number of nitrogens with zero attached hydrogens (tertiary/aromatic N) is 3. The summed E-state index contributed by atoms with van der Waals surface area (Å²) in [6.07, 6.45) is 3.07. The average Bonchev–Trinajstić information content (AvgIpc) is 3.26. The van der Waals surface area contributed by atoms with Crippen LogP contribution in [-0.4, -0.2) is 54.3 Å². The van der Waals surface area contributed by atoms with Crippen molar-refractivity contribution in [3.63, 3.8) is 0 Å². The average molecular weight is 348 g/mol. The highest BCUT2D eigenvalue weighted by molar-refractivity contribution is 7.90. The first-order valence-electron chi connectivity index (χ1n) is 8.27. The summed E-state index contributed by atoms with van der Waals surface area (Å²) in [5.41, 5.74) is -0.0110. The van der Waals surface area contributed by atoms with Crippen LogP contribution in [0.25, 0.3) is 0 Å². The fraction of sp³-hybridized carbons (Fsp3) is 0.625. The first kappa shape index (κ1) is 15.8. The van der Waals surface area contributed by atoms with E-state index in [1.54, 1.807) is 16.4 Å². The number of nitriles is 1. The topological polar surface area (TPSA) is 95.3 Å². The number of rotatable bonds is 4. The van der Waals surface area contributed by atoms with Gasteiger partial charge in [-0.15, -0.1) is 0 Å². The SMILES string of the molecule is N#Cc1cccc(N[C@@H]2CO[C@]3(CCN(S(=O)(=O)C4CC4)C3)C2)n1. The Balaban J connectivity index is 1.40. The quantitative estimate of drug-likeness (QED) is 0.875. The molecule has 8 heteroatoms. The molecule has 1 spiro atoms. The molecule has 4 rings (SSSR count). The highest BCUT2D eigenvalue weighted by atomic mass is 32.2. The summed E-state index contributed by atoms with van der Waals surface area (Å²) in [6, 6.07) is 7.38. The zero-order valence-corrected chi connectivity index (χ0v) is 14.1. The third kappa shape index (κ3) is 2.88. The zero-order chi connectivity index (χ0) is 16.8. The zero-order valence-electron chi connectivity index (χ0n) is 13.3. The molecule has 1 aromatic rings. The highest BCUT2D eigenvalue weighted by Gasteiger charge is 2.51. The molecule has 1 aliphatic carbocycles. The second-order valence-corrected chi connectivity index (χ2v) is 9.10. The molecule has 1 aromatic heterocycles. The van der Waals surface area contributed by atoms with E-state index in [0.717, 1.165) is 25.7 Å². The van der Waals surface area contributed by atoms with Gasteiger partial charge in [-0.2, -0.15) is 9.57 Å². The number of aromatic nitrogens is 1. The summed E-state index contributed by atoms with van der Waals surface area (Å²) in [5.74, 6) is 0.653. The molecule has 3 aliphatic rings. The fourth-order valence-electron chi connectivity index (χ4n) is 3.61. The van der Waals surface area contributed by atoms with Crippen molar-refractivity contribution in [2.45, 2.75) is 42.6 Å². The number of ether oxygens (including phenoxy) is 1. The van der Waals surface area contributed by atoms with Crippen LogP contribution in [-0.2, 0) is 14.8 Å². The van der Waals surface area contributed by atoms with Crippen molar-refractivity contribution >= 4 is 15.8 Å². The van der Waals surface area contributed by atoms with Gasteiger partial charge in [-0.25, -0.2) is 13.4 Å². The molecule has 2 saturated heterocycles. The first-order valence-corrected chi connectivity index (χ1v) is 9.78. The smallest absolute Gasteiger partial charge is 0.217 e. The number of pyridine rings is 1. The van der Waals surface area contributed by atoms with Gasteiger partial charge in [-0.05, 0) is 31.4 Å². The van der Waals surface area contributed by atoms with Gasteiger partial charge >= 0.3 is 0 Å². The van der Waals surface area contributed by atoms with Crippen LogP contribution in [0.4, 0.5) is 5.82 Å². The summed E-state index contributed by atoms with van der Waals surface area (Å²) in [6.45, 7) is 1.53. The van der Waals surface area contributed by atoms with Gasteiger partial charge in [-0.3, -0.25) is 0 Å². The summed E-state index contributed by atoms with van der Waals surface area (Å²) in [4.78, 5) is 4.22. The Morgan fingerprint density at radius 2 is 2.25 bits per heavy atom. The molecule has 0 bridgehead atoms. The largest absolute Gasteiger partial charge is 0.371 e. The van der Waals surface area contributed by atoms with Crippen molar-refractivity contribution in [1.29, 1.82) is 5.26 Å². The molecule has 1 N–H and O–H groups in total. The number of hydrogen-bond acceptors (Lipinski definition) is 6. The van der Waals surface area contributed by atoms with E-state index < -0.39 is 10.0 Å². The standard InChI is InChI=1S/C16H20N4O3S/c17-9-12-2-1-3-15(18-12)19-13-8-16(23-10-13)6-7-20(11-16)24(21,22)14-4-5-14/h1-3,13-14H,4-8,10-11H2,(H,18,19)/t13-,16+/m0/s1. The summed E-state index contributed by atoms with van der Waals surface area (Å²) in [5, 5.41) is 12.1. The molecule has 128 valence electrons. The van der Waals surface area contributed by atoms with E-state index in [2.05, 4.69) is 10.3 Å². The van der Waals surface area contributed by atoms with Gasteiger partial charge in [-0.1, -0.05) is 6.07 Å². The van der Waals surface area contributed by atoms with Crippen LogP contribution in [0.1, 0.15) is 31.4 Å². The number of sulfonamides is 1. The van der Waals surface area contributed by atoms with E-state index in [1.165, 1.54) is 0 Å². The maximum atomic E-state index is 12.4. The van der Waals surface area contributed by atoms with Crippen LogP contribution in [0.5, 0.6) is 0 Å². The molecule has 3 fully saturated rings. The summed E-state index contributed by atoms with van der Waals surface area (Å²) in [7, 11) is -3.13. The third-order valence-corrected chi connectivity index (χ3v) is 7.36. The lowest BCUT2D eigenvalue weighted by Crippen LogP contribution is -2.37. The van der Waals surface area contributed by atoms with Crippen molar-refractivity contribution < 1.29 is 13.2 Å². The van der Waals surface area contributed by atoms with Crippen molar-refractivity contribution in [2.24, 2.45) is 0 Å².